The number of aryl methyl sites for hydroxylation is 2. The van der Waals surface area contributed by atoms with Crippen LogP contribution in [-0.4, -0.2) is 41.4 Å². The van der Waals surface area contributed by atoms with E-state index < -0.39 is 0 Å². The number of hydrogen-bond acceptors (Lipinski definition) is 3. The van der Waals surface area contributed by atoms with E-state index in [0.29, 0.717) is 6.04 Å². The van der Waals surface area contributed by atoms with E-state index in [1.165, 1.54) is 11.3 Å². The third-order valence-electron chi connectivity index (χ3n) is 3.28. The molecule has 1 aromatic heterocycles. The molecule has 0 radical (unpaired) electrons. The average molecular weight is 224 g/mol. The van der Waals surface area contributed by atoms with Gasteiger partial charge in [-0.25, -0.2) is 0 Å². The van der Waals surface area contributed by atoms with E-state index in [0.717, 1.165) is 18.8 Å². The Hall–Kier alpha value is -0.870. The zero-order valence-corrected chi connectivity index (χ0v) is 11.3. The third-order valence-corrected chi connectivity index (χ3v) is 3.28. The lowest BCUT2D eigenvalue weighted by atomic mass is 10.2. The molecule has 0 fully saturated rings. The Labute approximate surface area is 98.6 Å². The van der Waals surface area contributed by atoms with Crippen molar-refractivity contribution in [2.45, 2.75) is 33.4 Å². The summed E-state index contributed by atoms with van der Waals surface area (Å²) in [5.41, 5.74) is 3.71. The van der Waals surface area contributed by atoms with E-state index in [2.05, 4.69) is 50.2 Å². The van der Waals surface area contributed by atoms with Gasteiger partial charge in [0, 0.05) is 37.4 Å². The third kappa shape index (κ3) is 3.06. The second-order valence-electron chi connectivity index (χ2n) is 4.72. The number of nitrogens with zero attached hydrogens (tertiary/aromatic N) is 3. The summed E-state index contributed by atoms with van der Waals surface area (Å²) in [5, 5.41) is 7.89. The maximum atomic E-state index is 4.41. The number of aromatic nitrogens is 2. The second kappa shape index (κ2) is 5.46. The second-order valence-corrected chi connectivity index (χ2v) is 4.72. The molecular formula is C12H24N4. The van der Waals surface area contributed by atoms with Gasteiger partial charge in [0.25, 0.3) is 0 Å². The van der Waals surface area contributed by atoms with Gasteiger partial charge in [-0.1, -0.05) is 0 Å². The van der Waals surface area contributed by atoms with Crippen molar-refractivity contribution in [3.8, 4) is 0 Å². The molecule has 1 unspecified atom stereocenters. The molecule has 1 N–H and O–H groups in total. The highest BCUT2D eigenvalue weighted by Crippen LogP contribution is 2.11. The molecule has 0 aromatic carbocycles. The molecule has 0 aliphatic carbocycles. The van der Waals surface area contributed by atoms with Gasteiger partial charge in [0.1, 0.15) is 0 Å². The van der Waals surface area contributed by atoms with Gasteiger partial charge >= 0.3 is 0 Å². The molecule has 0 saturated carbocycles. The Morgan fingerprint density at radius 2 is 2.00 bits per heavy atom. The monoisotopic (exact) mass is 224 g/mol. The SMILES string of the molecule is Cc1nn(C)c(C)c1CNCC(C)N(C)C. The highest BCUT2D eigenvalue weighted by molar-refractivity contribution is 5.23. The normalized spacial score (nSPS) is 13.4. The van der Waals surface area contributed by atoms with Gasteiger partial charge < -0.3 is 10.2 Å². The van der Waals surface area contributed by atoms with Crippen LogP contribution < -0.4 is 5.32 Å². The molecule has 16 heavy (non-hydrogen) atoms. The van der Waals surface area contributed by atoms with Crippen molar-refractivity contribution in [2.75, 3.05) is 20.6 Å². The smallest absolute Gasteiger partial charge is 0.0641 e. The van der Waals surface area contributed by atoms with E-state index in [9.17, 15) is 0 Å². The van der Waals surface area contributed by atoms with E-state index in [1.54, 1.807) is 0 Å². The zero-order chi connectivity index (χ0) is 12.3. The van der Waals surface area contributed by atoms with Crippen LogP contribution >= 0.6 is 0 Å². The highest BCUT2D eigenvalue weighted by Gasteiger charge is 2.09. The van der Waals surface area contributed by atoms with Gasteiger partial charge in [-0.2, -0.15) is 5.10 Å². The lowest BCUT2D eigenvalue weighted by molar-refractivity contribution is 0.302. The van der Waals surface area contributed by atoms with Crippen LogP contribution in [0.15, 0.2) is 0 Å². The van der Waals surface area contributed by atoms with Crippen LogP contribution in [-0.2, 0) is 13.6 Å². The number of likely N-dealkylation sites (N-methyl/N-ethyl adjacent to an activating group) is 1. The van der Waals surface area contributed by atoms with E-state index in [-0.39, 0.29) is 0 Å². The highest BCUT2D eigenvalue weighted by atomic mass is 15.3. The molecular weight excluding hydrogens is 200 g/mol. The van der Waals surface area contributed by atoms with Crippen molar-refractivity contribution < 1.29 is 0 Å². The Balaban J connectivity index is 2.49. The molecule has 4 heteroatoms. The first kappa shape index (κ1) is 13.2. The fraction of sp³-hybridized carbons (Fsp3) is 0.750. The first-order chi connectivity index (χ1) is 7.43. The molecule has 1 atom stereocenters. The van der Waals surface area contributed by atoms with Gasteiger partial charge in [-0.3, -0.25) is 4.68 Å². The summed E-state index contributed by atoms with van der Waals surface area (Å²) in [5.74, 6) is 0. The molecule has 0 saturated heterocycles. The maximum absolute atomic E-state index is 4.41. The lowest BCUT2D eigenvalue weighted by Gasteiger charge is -2.20. The fourth-order valence-corrected chi connectivity index (χ4v) is 1.66. The quantitative estimate of drug-likeness (QED) is 0.812. The van der Waals surface area contributed by atoms with Crippen molar-refractivity contribution in [1.29, 1.82) is 0 Å². The molecule has 0 aliphatic heterocycles. The molecule has 1 rings (SSSR count). The predicted molar refractivity (Wildman–Crippen MR) is 67.5 cm³/mol. The number of nitrogens with one attached hydrogen (secondary N) is 1. The summed E-state index contributed by atoms with van der Waals surface area (Å²) in [4.78, 5) is 2.22. The molecule has 0 amide bonds. The van der Waals surface area contributed by atoms with Gasteiger partial charge in [-0.15, -0.1) is 0 Å². The standard InChI is InChI=1S/C12H24N4/c1-9(15(4)5)7-13-8-12-10(2)14-16(6)11(12)3/h9,13H,7-8H2,1-6H3. The Morgan fingerprint density at radius 1 is 1.38 bits per heavy atom. The minimum Gasteiger partial charge on any atom is -0.311 e. The zero-order valence-electron chi connectivity index (χ0n) is 11.3. The van der Waals surface area contributed by atoms with Crippen molar-refractivity contribution in [3.63, 3.8) is 0 Å². The molecule has 1 aromatic rings. The Morgan fingerprint density at radius 3 is 2.44 bits per heavy atom. The van der Waals surface area contributed by atoms with Crippen LogP contribution in [0.1, 0.15) is 23.9 Å². The fourth-order valence-electron chi connectivity index (χ4n) is 1.66. The summed E-state index contributed by atoms with van der Waals surface area (Å²) in [6.07, 6.45) is 0. The number of hydrogen-bond donors (Lipinski definition) is 1. The van der Waals surface area contributed by atoms with Crippen LogP contribution in [0.5, 0.6) is 0 Å². The Kier molecular flexibility index (Phi) is 4.50. The first-order valence-corrected chi connectivity index (χ1v) is 5.79. The van der Waals surface area contributed by atoms with Crippen LogP contribution in [0.2, 0.25) is 0 Å². The minimum absolute atomic E-state index is 0.553. The number of rotatable bonds is 5. The van der Waals surface area contributed by atoms with Crippen molar-refractivity contribution in [3.05, 3.63) is 17.0 Å². The summed E-state index contributed by atoms with van der Waals surface area (Å²) in [6.45, 7) is 8.31. The molecule has 4 nitrogen and oxygen atoms in total. The summed E-state index contributed by atoms with van der Waals surface area (Å²) in [6, 6.07) is 0.553. The van der Waals surface area contributed by atoms with Crippen LogP contribution in [0.25, 0.3) is 0 Å². The predicted octanol–water partition coefficient (Wildman–Crippen LogP) is 1.08. The van der Waals surface area contributed by atoms with Gasteiger partial charge in [0.15, 0.2) is 0 Å². The van der Waals surface area contributed by atoms with Crippen LogP contribution in [0, 0.1) is 13.8 Å². The molecule has 0 spiro atoms. The van der Waals surface area contributed by atoms with Crippen LogP contribution in [0.4, 0.5) is 0 Å². The van der Waals surface area contributed by atoms with Gasteiger partial charge in [-0.05, 0) is 34.9 Å². The minimum atomic E-state index is 0.553. The van der Waals surface area contributed by atoms with Crippen molar-refractivity contribution in [1.82, 2.24) is 20.0 Å². The van der Waals surface area contributed by atoms with E-state index in [4.69, 9.17) is 0 Å². The lowest BCUT2D eigenvalue weighted by Crippen LogP contribution is -2.35. The molecule has 0 aliphatic rings. The summed E-state index contributed by atoms with van der Waals surface area (Å²) in [7, 11) is 6.20. The molecule has 92 valence electrons. The molecule has 0 bridgehead atoms. The van der Waals surface area contributed by atoms with Crippen molar-refractivity contribution >= 4 is 0 Å². The van der Waals surface area contributed by atoms with Crippen LogP contribution in [0.3, 0.4) is 0 Å². The summed E-state index contributed by atoms with van der Waals surface area (Å²) >= 11 is 0. The van der Waals surface area contributed by atoms with E-state index >= 15 is 0 Å². The summed E-state index contributed by atoms with van der Waals surface area (Å²) < 4.78 is 1.95. The topological polar surface area (TPSA) is 33.1 Å². The largest absolute Gasteiger partial charge is 0.311 e. The maximum Gasteiger partial charge on any atom is 0.0641 e. The first-order valence-electron chi connectivity index (χ1n) is 5.79. The molecule has 1 heterocycles. The van der Waals surface area contributed by atoms with Crippen molar-refractivity contribution in [2.24, 2.45) is 7.05 Å². The van der Waals surface area contributed by atoms with Gasteiger partial charge in [0.2, 0.25) is 0 Å². The van der Waals surface area contributed by atoms with Gasteiger partial charge in [0.05, 0.1) is 5.69 Å². The van der Waals surface area contributed by atoms with E-state index in [1.807, 2.05) is 11.7 Å². The Bertz CT molecular complexity index is 341. The average Bonchev–Trinajstić information content (AvgIpc) is 2.44.